The van der Waals surface area contributed by atoms with Gasteiger partial charge in [-0.1, -0.05) is 49.7 Å². The molecule has 0 bridgehead atoms. The summed E-state index contributed by atoms with van der Waals surface area (Å²) in [5.74, 6) is 1.78. The lowest BCUT2D eigenvalue weighted by molar-refractivity contribution is -0.153. The topological polar surface area (TPSA) is 81.8 Å². The molecule has 0 aliphatic carbocycles. The molecule has 0 amide bonds. The van der Waals surface area contributed by atoms with Crippen molar-refractivity contribution in [2.45, 2.75) is 52.1 Å². The third-order valence-corrected chi connectivity index (χ3v) is 6.80. The Labute approximate surface area is 215 Å². The summed E-state index contributed by atoms with van der Waals surface area (Å²) in [6.07, 6.45) is 2.65. The van der Waals surface area contributed by atoms with E-state index in [1.807, 2.05) is 60.8 Å². The Balaban J connectivity index is 1.44. The molecule has 0 fully saturated rings. The maximum atomic E-state index is 12.1. The summed E-state index contributed by atoms with van der Waals surface area (Å²) in [5, 5.41) is 11.9. The van der Waals surface area contributed by atoms with Crippen molar-refractivity contribution in [2.24, 2.45) is 0 Å². The summed E-state index contributed by atoms with van der Waals surface area (Å²) >= 11 is 1.60. The molecule has 2 heterocycles. The van der Waals surface area contributed by atoms with Gasteiger partial charge in [-0.05, 0) is 61.0 Å². The van der Waals surface area contributed by atoms with Crippen LogP contribution in [-0.4, -0.2) is 28.3 Å². The highest BCUT2D eigenvalue weighted by atomic mass is 32.1. The van der Waals surface area contributed by atoms with Crippen molar-refractivity contribution in [3.8, 4) is 22.3 Å². The zero-order chi connectivity index (χ0) is 25.5. The molecule has 1 N–H and O–H groups in total. The minimum absolute atomic E-state index is 0.234. The quantitative estimate of drug-likeness (QED) is 0.229. The predicted molar refractivity (Wildman–Crippen MR) is 141 cm³/mol. The Kier molecular flexibility index (Phi) is 8.10. The molecule has 0 radical (unpaired) electrons. The number of aryl methyl sites for hydroxylation is 2. The van der Waals surface area contributed by atoms with Gasteiger partial charge >= 0.3 is 5.97 Å². The first-order chi connectivity index (χ1) is 17.4. The number of oxazole rings is 1. The van der Waals surface area contributed by atoms with Crippen LogP contribution in [0.2, 0.25) is 0 Å². The number of aliphatic carboxylic acids is 1. The van der Waals surface area contributed by atoms with E-state index < -0.39 is 11.6 Å². The van der Waals surface area contributed by atoms with Crippen molar-refractivity contribution >= 4 is 17.3 Å². The van der Waals surface area contributed by atoms with Gasteiger partial charge in [-0.2, -0.15) is 0 Å². The summed E-state index contributed by atoms with van der Waals surface area (Å²) in [6.45, 7) is 6.11. The molecule has 6 nitrogen and oxygen atoms in total. The number of benzene rings is 2. The zero-order valence-corrected chi connectivity index (χ0v) is 21.6. The van der Waals surface area contributed by atoms with Crippen LogP contribution in [0.5, 0.6) is 11.5 Å². The van der Waals surface area contributed by atoms with Gasteiger partial charge in [-0.25, -0.2) is 9.78 Å². The van der Waals surface area contributed by atoms with Gasteiger partial charge in [0.05, 0.1) is 17.2 Å². The first-order valence-electron chi connectivity index (χ1n) is 12.1. The van der Waals surface area contributed by atoms with Crippen molar-refractivity contribution in [3.05, 3.63) is 88.6 Å². The van der Waals surface area contributed by atoms with Crippen LogP contribution in [0.4, 0.5) is 0 Å². The normalized spacial score (nSPS) is 12.8. The second-order valence-corrected chi connectivity index (χ2v) is 9.87. The summed E-state index contributed by atoms with van der Waals surface area (Å²) in [6, 6.07) is 18.9. The van der Waals surface area contributed by atoms with E-state index in [0.29, 0.717) is 24.7 Å². The summed E-state index contributed by atoms with van der Waals surface area (Å²) < 4.78 is 17.9. The molecule has 2 aromatic carbocycles. The van der Waals surface area contributed by atoms with Crippen molar-refractivity contribution in [3.63, 3.8) is 0 Å². The van der Waals surface area contributed by atoms with Gasteiger partial charge in [-0.3, -0.25) is 0 Å². The van der Waals surface area contributed by atoms with E-state index in [0.717, 1.165) is 46.0 Å². The molecule has 0 spiro atoms. The Morgan fingerprint density at radius 3 is 2.61 bits per heavy atom. The van der Waals surface area contributed by atoms with Gasteiger partial charge < -0.3 is 19.0 Å². The molecule has 36 heavy (non-hydrogen) atoms. The molecule has 2 aromatic heterocycles. The number of nitrogens with zero attached hydrogens (tertiary/aromatic N) is 1. The Hall–Kier alpha value is -3.58. The highest BCUT2D eigenvalue weighted by Crippen LogP contribution is 2.29. The molecule has 4 rings (SSSR count). The fourth-order valence-electron chi connectivity index (χ4n) is 4.07. The number of hydrogen-bond donors (Lipinski definition) is 1. The molecule has 188 valence electrons. The van der Waals surface area contributed by atoms with Gasteiger partial charge in [0.2, 0.25) is 11.5 Å². The Morgan fingerprint density at radius 1 is 1.11 bits per heavy atom. The fourth-order valence-corrected chi connectivity index (χ4v) is 4.71. The minimum Gasteiger partial charge on any atom is -0.493 e. The number of carbonyl (C=O) groups is 1. The molecule has 0 aliphatic heterocycles. The van der Waals surface area contributed by atoms with Gasteiger partial charge in [0.15, 0.2) is 0 Å². The number of carboxylic acids is 1. The SMILES string of the molecule is CCCc1cc(CC(C)(Oc2ccccc2)C(=O)O)ccc1OCCc1nc(-c2cccs2)oc1C. The van der Waals surface area contributed by atoms with Crippen molar-refractivity contribution in [2.75, 3.05) is 6.61 Å². The zero-order valence-electron chi connectivity index (χ0n) is 20.8. The van der Waals surface area contributed by atoms with E-state index in [9.17, 15) is 9.90 Å². The van der Waals surface area contributed by atoms with Crippen molar-refractivity contribution in [1.29, 1.82) is 0 Å². The number of hydrogen-bond acceptors (Lipinski definition) is 6. The largest absolute Gasteiger partial charge is 0.493 e. The molecule has 4 aromatic rings. The van der Waals surface area contributed by atoms with Crippen molar-refractivity contribution < 1.29 is 23.8 Å². The molecule has 0 aliphatic rings. The van der Waals surface area contributed by atoms with Gasteiger partial charge in [0.25, 0.3) is 0 Å². The standard InChI is InChI=1S/C29H31NO5S/c1-4-9-22-18-21(19-29(3,28(31)32)35-23-10-6-5-7-11-23)13-14-25(22)33-16-15-24-20(2)34-27(30-24)26-12-8-17-36-26/h5-8,10-14,17-18H,4,9,15-16,19H2,1-3H3,(H,31,32). The van der Waals surface area contributed by atoms with Crippen LogP contribution in [0.3, 0.4) is 0 Å². The first kappa shape index (κ1) is 25.5. The Bertz CT molecular complexity index is 1280. The molecular formula is C29H31NO5S. The second kappa shape index (κ2) is 11.4. The average molecular weight is 506 g/mol. The van der Waals surface area contributed by atoms with E-state index >= 15 is 0 Å². The lowest BCUT2D eigenvalue weighted by Gasteiger charge is -2.27. The molecule has 1 unspecified atom stereocenters. The van der Waals surface area contributed by atoms with Crippen LogP contribution in [0.1, 0.15) is 42.8 Å². The average Bonchev–Trinajstić information content (AvgIpc) is 3.51. The molecule has 0 saturated carbocycles. The minimum atomic E-state index is -1.39. The molecule has 1 atom stereocenters. The van der Waals surface area contributed by atoms with Crippen LogP contribution in [0.25, 0.3) is 10.8 Å². The molecule has 0 saturated heterocycles. The maximum Gasteiger partial charge on any atom is 0.348 e. The van der Waals surface area contributed by atoms with Gasteiger partial charge in [0, 0.05) is 12.8 Å². The monoisotopic (exact) mass is 505 g/mol. The third-order valence-electron chi connectivity index (χ3n) is 5.95. The van der Waals surface area contributed by atoms with Crippen LogP contribution in [-0.2, 0) is 24.1 Å². The Morgan fingerprint density at radius 2 is 1.92 bits per heavy atom. The van der Waals surface area contributed by atoms with Crippen LogP contribution >= 0.6 is 11.3 Å². The van der Waals surface area contributed by atoms with Gasteiger partial charge in [-0.15, -0.1) is 11.3 Å². The van der Waals surface area contributed by atoms with Crippen LogP contribution in [0.15, 0.2) is 70.5 Å². The highest BCUT2D eigenvalue weighted by molar-refractivity contribution is 7.13. The van der Waals surface area contributed by atoms with Crippen LogP contribution in [0, 0.1) is 6.92 Å². The smallest absolute Gasteiger partial charge is 0.348 e. The van der Waals surface area contributed by atoms with Crippen molar-refractivity contribution in [1.82, 2.24) is 4.98 Å². The predicted octanol–water partition coefficient (Wildman–Crippen LogP) is 6.75. The summed E-state index contributed by atoms with van der Waals surface area (Å²) in [7, 11) is 0. The van der Waals surface area contributed by atoms with E-state index in [1.165, 1.54) is 0 Å². The lowest BCUT2D eigenvalue weighted by Crippen LogP contribution is -2.43. The number of carboxylic acid groups (broad SMARTS) is 1. The number of aromatic nitrogens is 1. The number of para-hydroxylation sites is 1. The second-order valence-electron chi connectivity index (χ2n) is 8.92. The summed E-state index contributed by atoms with van der Waals surface area (Å²) in [4.78, 5) is 17.8. The van der Waals surface area contributed by atoms with Gasteiger partial charge in [0.1, 0.15) is 17.3 Å². The van der Waals surface area contributed by atoms with E-state index in [1.54, 1.807) is 30.4 Å². The molecule has 7 heteroatoms. The fraction of sp³-hybridized carbons (Fsp3) is 0.310. The maximum absolute atomic E-state index is 12.1. The summed E-state index contributed by atoms with van der Waals surface area (Å²) in [5.41, 5.74) is 1.44. The lowest BCUT2D eigenvalue weighted by atomic mass is 9.94. The molecular weight excluding hydrogens is 474 g/mol. The van der Waals surface area contributed by atoms with E-state index in [4.69, 9.17) is 13.9 Å². The third kappa shape index (κ3) is 6.15. The van der Waals surface area contributed by atoms with E-state index in [-0.39, 0.29) is 6.42 Å². The van der Waals surface area contributed by atoms with E-state index in [2.05, 4.69) is 11.9 Å². The number of ether oxygens (including phenoxy) is 2. The van der Waals surface area contributed by atoms with Crippen LogP contribution < -0.4 is 9.47 Å². The first-order valence-corrected chi connectivity index (χ1v) is 13.0. The number of thiophene rings is 1. The number of rotatable bonds is 12. The highest BCUT2D eigenvalue weighted by Gasteiger charge is 2.36.